The Bertz CT molecular complexity index is 616. The standard InChI is InChI=1S/C13H17N5O2/c1-18(2)13-16-11(15-12(14)17-13)8-5-6-9(19-3)10(7-8)20-4/h5-7H,1-4H3,(H2,14,15,16,17). The van der Waals surface area contributed by atoms with E-state index < -0.39 is 0 Å². The third-order valence-electron chi connectivity index (χ3n) is 2.68. The summed E-state index contributed by atoms with van der Waals surface area (Å²) in [5.74, 6) is 2.42. The van der Waals surface area contributed by atoms with Crippen molar-refractivity contribution >= 4 is 11.9 Å². The molecule has 0 aliphatic heterocycles. The maximum absolute atomic E-state index is 5.72. The fraction of sp³-hybridized carbons (Fsp3) is 0.308. The molecule has 1 heterocycles. The van der Waals surface area contributed by atoms with E-state index in [4.69, 9.17) is 15.2 Å². The second-order valence-corrected chi connectivity index (χ2v) is 4.28. The summed E-state index contributed by atoms with van der Waals surface area (Å²) in [6.45, 7) is 0. The monoisotopic (exact) mass is 275 g/mol. The van der Waals surface area contributed by atoms with Crippen molar-refractivity contribution in [2.24, 2.45) is 0 Å². The van der Waals surface area contributed by atoms with E-state index in [-0.39, 0.29) is 5.95 Å². The van der Waals surface area contributed by atoms with Crippen LogP contribution in [0.4, 0.5) is 11.9 Å². The average Bonchev–Trinajstić information content (AvgIpc) is 2.45. The summed E-state index contributed by atoms with van der Waals surface area (Å²) in [5, 5.41) is 0. The molecule has 7 nitrogen and oxygen atoms in total. The zero-order valence-electron chi connectivity index (χ0n) is 11.9. The van der Waals surface area contributed by atoms with Gasteiger partial charge >= 0.3 is 0 Å². The molecule has 0 atom stereocenters. The predicted molar refractivity (Wildman–Crippen MR) is 77.1 cm³/mol. The summed E-state index contributed by atoms with van der Waals surface area (Å²) in [7, 11) is 6.84. The minimum absolute atomic E-state index is 0.175. The molecule has 0 saturated heterocycles. The van der Waals surface area contributed by atoms with Gasteiger partial charge in [-0.3, -0.25) is 0 Å². The Hall–Kier alpha value is -2.57. The first-order valence-corrected chi connectivity index (χ1v) is 5.96. The first kappa shape index (κ1) is 13.9. The van der Waals surface area contributed by atoms with Crippen LogP contribution in [0, 0.1) is 0 Å². The smallest absolute Gasteiger partial charge is 0.230 e. The average molecular weight is 275 g/mol. The minimum atomic E-state index is 0.175. The fourth-order valence-corrected chi connectivity index (χ4v) is 1.69. The van der Waals surface area contributed by atoms with Crippen molar-refractivity contribution in [3.8, 4) is 22.9 Å². The van der Waals surface area contributed by atoms with Crippen LogP contribution in [0.25, 0.3) is 11.4 Å². The highest BCUT2D eigenvalue weighted by Crippen LogP contribution is 2.31. The Morgan fingerprint density at radius 3 is 2.30 bits per heavy atom. The zero-order valence-corrected chi connectivity index (χ0v) is 11.9. The molecule has 0 amide bonds. The van der Waals surface area contributed by atoms with Crippen molar-refractivity contribution in [3.05, 3.63) is 18.2 Å². The lowest BCUT2D eigenvalue weighted by Crippen LogP contribution is -2.15. The van der Waals surface area contributed by atoms with Crippen LogP contribution in [0.5, 0.6) is 11.5 Å². The van der Waals surface area contributed by atoms with E-state index in [1.165, 1.54) is 0 Å². The molecule has 0 aliphatic rings. The van der Waals surface area contributed by atoms with E-state index >= 15 is 0 Å². The quantitative estimate of drug-likeness (QED) is 0.897. The number of nitrogens with zero attached hydrogens (tertiary/aromatic N) is 4. The number of rotatable bonds is 4. The van der Waals surface area contributed by atoms with Crippen molar-refractivity contribution in [2.75, 3.05) is 38.9 Å². The number of hydrogen-bond donors (Lipinski definition) is 1. The third kappa shape index (κ3) is 2.71. The Balaban J connectivity index is 2.51. The number of aromatic nitrogens is 3. The maximum Gasteiger partial charge on any atom is 0.230 e. The molecular weight excluding hydrogens is 258 g/mol. The third-order valence-corrected chi connectivity index (χ3v) is 2.68. The molecule has 0 aliphatic carbocycles. The van der Waals surface area contributed by atoms with Crippen LogP contribution in [0.3, 0.4) is 0 Å². The van der Waals surface area contributed by atoms with E-state index in [0.717, 1.165) is 5.56 Å². The van der Waals surface area contributed by atoms with Gasteiger partial charge in [-0.25, -0.2) is 0 Å². The lowest BCUT2D eigenvalue weighted by atomic mass is 10.2. The Morgan fingerprint density at radius 1 is 1.00 bits per heavy atom. The van der Waals surface area contributed by atoms with E-state index in [0.29, 0.717) is 23.3 Å². The predicted octanol–water partition coefficient (Wildman–Crippen LogP) is 1.20. The topological polar surface area (TPSA) is 86.4 Å². The van der Waals surface area contributed by atoms with Gasteiger partial charge in [0, 0.05) is 19.7 Å². The molecule has 1 aromatic heterocycles. The summed E-state index contributed by atoms with van der Waals surface area (Å²) in [6, 6.07) is 5.44. The normalized spacial score (nSPS) is 10.2. The maximum atomic E-state index is 5.72. The van der Waals surface area contributed by atoms with Crippen LogP contribution in [0.1, 0.15) is 0 Å². The number of ether oxygens (including phenoxy) is 2. The second kappa shape index (κ2) is 5.60. The molecule has 2 N–H and O–H groups in total. The SMILES string of the molecule is COc1ccc(-c2nc(N)nc(N(C)C)n2)cc1OC. The van der Waals surface area contributed by atoms with E-state index in [9.17, 15) is 0 Å². The van der Waals surface area contributed by atoms with E-state index in [1.54, 1.807) is 31.3 Å². The molecule has 20 heavy (non-hydrogen) atoms. The van der Waals surface area contributed by atoms with Crippen LogP contribution < -0.4 is 20.1 Å². The van der Waals surface area contributed by atoms with Gasteiger partial charge < -0.3 is 20.1 Å². The lowest BCUT2D eigenvalue weighted by molar-refractivity contribution is 0.355. The molecular formula is C13H17N5O2. The number of anilines is 2. The van der Waals surface area contributed by atoms with E-state index in [1.807, 2.05) is 20.2 Å². The molecule has 0 radical (unpaired) electrons. The van der Waals surface area contributed by atoms with Crippen molar-refractivity contribution in [3.63, 3.8) is 0 Å². The van der Waals surface area contributed by atoms with Crippen molar-refractivity contribution in [1.29, 1.82) is 0 Å². The van der Waals surface area contributed by atoms with Crippen molar-refractivity contribution in [2.45, 2.75) is 0 Å². The van der Waals surface area contributed by atoms with Gasteiger partial charge in [-0.1, -0.05) is 0 Å². The van der Waals surface area contributed by atoms with Gasteiger partial charge in [0.25, 0.3) is 0 Å². The Kier molecular flexibility index (Phi) is 3.88. The molecule has 2 rings (SSSR count). The fourth-order valence-electron chi connectivity index (χ4n) is 1.69. The van der Waals surface area contributed by atoms with Crippen LogP contribution >= 0.6 is 0 Å². The van der Waals surface area contributed by atoms with Crippen LogP contribution in [0.15, 0.2) is 18.2 Å². The number of hydrogen-bond acceptors (Lipinski definition) is 7. The Labute approximate surface area is 117 Å². The molecule has 106 valence electrons. The first-order valence-electron chi connectivity index (χ1n) is 5.96. The first-order chi connectivity index (χ1) is 9.55. The van der Waals surface area contributed by atoms with Gasteiger partial charge in [0.05, 0.1) is 14.2 Å². The van der Waals surface area contributed by atoms with Crippen LogP contribution in [-0.4, -0.2) is 43.3 Å². The molecule has 0 unspecified atom stereocenters. The van der Waals surface area contributed by atoms with Gasteiger partial charge in [-0.05, 0) is 18.2 Å². The molecule has 0 fully saturated rings. The summed E-state index contributed by atoms with van der Waals surface area (Å²) < 4.78 is 10.5. The second-order valence-electron chi connectivity index (χ2n) is 4.28. The highest BCUT2D eigenvalue weighted by molar-refractivity contribution is 5.62. The lowest BCUT2D eigenvalue weighted by Gasteiger charge is -2.12. The summed E-state index contributed by atoms with van der Waals surface area (Å²) in [4.78, 5) is 14.3. The molecule has 7 heteroatoms. The van der Waals surface area contributed by atoms with Gasteiger partial charge in [0.15, 0.2) is 17.3 Å². The number of methoxy groups -OCH3 is 2. The van der Waals surface area contributed by atoms with Gasteiger partial charge in [-0.2, -0.15) is 15.0 Å². The molecule has 0 saturated carbocycles. The largest absolute Gasteiger partial charge is 0.493 e. The highest BCUT2D eigenvalue weighted by Gasteiger charge is 2.11. The van der Waals surface area contributed by atoms with Crippen molar-refractivity contribution in [1.82, 2.24) is 15.0 Å². The van der Waals surface area contributed by atoms with E-state index in [2.05, 4.69) is 15.0 Å². The number of benzene rings is 1. The molecule has 0 bridgehead atoms. The van der Waals surface area contributed by atoms with Gasteiger partial charge in [-0.15, -0.1) is 0 Å². The minimum Gasteiger partial charge on any atom is -0.493 e. The highest BCUT2D eigenvalue weighted by atomic mass is 16.5. The Morgan fingerprint density at radius 2 is 1.70 bits per heavy atom. The summed E-state index contributed by atoms with van der Waals surface area (Å²) in [6.07, 6.45) is 0. The van der Waals surface area contributed by atoms with Gasteiger partial charge in [0.2, 0.25) is 11.9 Å². The van der Waals surface area contributed by atoms with Crippen molar-refractivity contribution < 1.29 is 9.47 Å². The van der Waals surface area contributed by atoms with Gasteiger partial charge in [0.1, 0.15) is 0 Å². The molecule has 0 spiro atoms. The summed E-state index contributed by atoms with van der Waals surface area (Å²) in [5.41, 5.74) is 6.49. The number of nitrogens with two attached hydrogens (primary N) is 1. The molecule has 1 aromatic carbocycles. The molecule has 2 aromatic rings. The van der Waals surface area contributed by atoms with Crippen LogP contribution in [0.2, 0.25) is 0 Å². The summed E-state index contributed by atoms with van der Waals surface area (Å²) >= 11 is 0. The number of nitrogen functional groups attached to an aromatic ring is 1. The zero-order chi connectivity index (χ0) is 14.7. The van der Waals surface area contributed by atoms with Crippen LogP contribution in [-0.2, 0) is 0 Å².